The summed E-state index contributed by atoms with van der Waals surface area (Å²) < 4.78 is 5.44. The minimum atomic E-state index is 0.156. The molecule has 106 valence electrons. The first-order valence-corrected chi connectivity index (χ1v) is 7.18. The van der Waals surface area contributed by atoms with Gasteiger partial charge < -0.3 is 10.5 Å². The number of pyridine rings is 1. The van der Waals surface area contributed by atoms with Gasteiger partial charge in [0.1, 0.15) is 0 Å². The summed E-state index contributed by atoms with van der Waals surface area (Å²) in [5.74, 6) is 0. The number of nitrogens with two attached hydrogens (primary N) is 1. The van der Waals surface area contributed by atoms with Gasteiger partial charge >= 0.3 is 0 Å². The Labute approximate surface area is 116 Å². The van der Waals surface area contributed by atoms with Gasteiger partial charge in [0.15, 0.2) is 0 Å². The van der Waals surface area contributed by atoms with E-state index in [4.69, 9.17) is 10.5 Å². The van der Waals surface area contributed by atoms with Gasteiger partial charge in [-0.1, -0.05) is 13.0 Å². The van der Waals surface area contributed by atoms with Gasteiger partial charge in [0.25, 0.3) is 0 Å². The van der Waals surface area contributed by atoms with Crippen molar-refractivity contribution in [2.24, 2.45) is 5.73 Å². The third kappa shape index (κ3) is 3.53. The van der Waals surface area contributed by atoms with Crippen molar-refractivity contribution in [1.82, 2.24) is 9.88 Å². The molecule has 0 amide bonds. The SMILES string of the molecule is CCC(N)C(c1cccnc1)N1CCC(OC)CC1. The Bertz CT molecular complexity index is 363. The van der Waals surface area contributed by atoms with E-state index in [1.165, 1.54) is 5.56 Å². The Morgan fingerprint density at radius 1 is 1.47 bits per heavy atom. The van der Waals surface area contributed by atoms with E-state index in [0.29, 0.717) is 6.10 Å². The maximum atomic E-state index is 6.35. The molecule has 1 aliphatic heterocycles. The third-order valence-corrected chi connectivity index (χ3v) is 4.11. The predicted octanol–water partition coefficient (Wildman–Crippen LogP) is 1.97. The van der Waals surface area contributed by atoms with Gasteiger partial charge in [-0.25, -0.2) is 0 Å². The number of likely N-dealkylation sites (tertiary alicyclic amines) is 1. The maximum absolute atomic E-state index is 6.35. The second kappa shape index (κ2) is 6.98. The van der Waals surface area contributed by atoms with E-state index in [1.807, 2.05) is 18.5 Å². The Balaban J connectivity index is 2.11. The fourth-order valence-corrected chi connectivity index (χ4v) is 2.89. The van der Waals surface area contributed by atoms with Crippen molar-refractivity contribution in [3.05, 3.63) is 30.1 Å². The highest BCUT2D eigenvalue weighted by Gasteiger charge is 2.29. The number of rotatable bonds is 5. The minimum absolute atomic E-state index is 0.156. The standard InChI is InChI=1S/C15H25N3O/c1-3-14(16)15(12-5-4-8-17-11-12)18-9-6-13(19-2)7-10-18/h4-5,8,11,13-15H,3,6-7,9-10,16H2,1-2H3. The van der Waals surface area contributed by atoms with Crippen molar-refractivity contribution >= 4 is 0 Å². The van der Waals surface area contributed by atoms with Gasteiger partial charge in [0, 0.05) is 38.6 Å². The van der Waals surface area contributed by atoms with Gasteiger partial charge in [0.05, 0.1) is 12.1 Å². The zero-order valence-corrected chi connectivity index (χ0v) is 12.0. The van der Waals surface area contributed by atoms with E-state index in [-0.39, 0.29) is 12.1 Å². The smallest absolute Gasteiger partial charge is 0.0595 e. The molecule has 0 aliphatic carbocycles. The molecule has 2 N–H and O–H groups in total. The topological polar surface area (TPSA) is 51.4 Å². The quantitative estimate of drug-likeness (QED) is 0.882. The van der Waals surface area contributed by atoms with Crippen LogP contribution in [0.5, 0.6) is 0 Å². The molecule has 0 bridgehead atoms. The summed E-state index contributed by atoms with van der Waals surface area (Å²) in [5, 5.41) is 0. The third-order valence-electron chi connectivity index (χ3n) is 4.11. The number of hydrogen-bond acceptors (Lipinski definition) is 4. The molecule has 1 aromatic heterocycles. The summed E-state index contributed by atoms with van der Waals surface area (Å²) in [4.78, 5) is 6.73. The normalized spacial score (nSPS) is 21.2. The second-order valence-corrected chi connectivity index (χ2v) is 5.27. The van der Waals surface area contributed by atoms with Crippen LogP contribution in [0.15, 0.2) is 24.5 Å². The first-order valence-electron chi connectivity index (χ1n) is 7.18. The molecule has 4 nitrogen and oxygen atoms in total. The highest BCUT2D eigenvalue weighted by Crippen LogP contribution is 2.28. The molecule has 1 aromatic rings. The van der Waals surface area contributed by atoms with Gasteiger partial charge in [-0.3, -0.25) is 9.88 Å². The number of methoxy groups -OCH3 is 1. The average molecular weight is 263 g/mol. The van der Waals surface area contributed by atoms with Crippen molar-refractivity contribution < 1.29 is 4.74 Å². The predicted molar refractivity (Wildman–Crippen MR) is 76.8 cm³/mol. The summed E-state index contributed by atoms with van der Waals surface area (Å²) in [5.41, 5.74) is 7.58. The average Bonchev–Trinajstić information content (AvgIpc) is 2.49. The molecule has 19 heavy (non-hydrogen) atoms. The van der Waals surface area contributed by atoms with E-state index < -0.39 is 0 Å². The lowest BCUT2D eigenvalue weighted by atomic mass is 9.95. The van der Waals surface area contributed by atoms with Crippen LogP contribution in [0.1, 0.15) is 37.8 Å². The molecular weight excluding hydrogens is 238 g/mol. The number of hydrogen-bond donors (Lipinski definition) is 1. The number of nitrogens with zero attached hydrogens (tertiary/aromatic N) is 2. The number of aromatic nitrogens is 1. The van der Waals surface area contributed by atoms with Crippen LogP contribution in [0.25, 0.3) is 0 Å². The Morgan fingerprint density at radius 2 is 2.21 bits per heavy atom. The lowest BCUT2D eigenvalue weighted by molar-refractivity contribution is 0.0222. The van der Waals surface area contributed by atoms with Gasteiger partial charge in [-0.2, -0.15) is 0 Å². The lowest BCUT2D eigenvalue weighted by Crippen LogP contribution is -2.45. The summed E-state index contributed by atoms with van der Waals surface area (Å²) in [6.45, 7) is 4.24. The first-order chi connectivity index (χ1) is 9.26. The second-order valence-electron chi connectivity index (χ2n) is 5.27. The van der Waals surface area contributed by atoms with Crippen LogP contribution in [-0.2, 0) is 4.74 Å². The molecule has 2 rings (SSSR count). The van der Waals surface area contributed by atoms with E-state index in [1.54, 1.807) is 7.11 Å². The van der Waals surface area contributed by atoms with Crippen molar-refractivity contribution in [3.63, 3.8) is 0 Å². The molecule has 0 spiro atoms. The Morgan fingerprint density at radius 3 is 2.74 bits per heavy atom. The molecule has 2 unspecified atom stereocenters. The lowest BCUT2D eigenvalue weighted by Gasteiger charge is -2.39. The summed E-state index contributed by atoms with van der Waals surface area (Å²) >= 11 is 0. The summed E-state index contributed by atoms with van der Waals surface area (Å²) in [6, 6.07) is 4.56. The van der Waals surface area contributed by atoms with Crippen LogP contribution in [0, 0.1) is 0 Å². The molecule has 4 heteroatoms. The highest BCUT2D eigenvalue weighted by atomic mass is 16.5. The largest absolute Gasteiger partial charge is 0.381 e. The summed E-state index contributed by atoms with van der Waals surface area (Å²) in [6.07, 6.45) is 7.32. The molecule has 1 saturated heterocycles. The van der Waals surface area contributed by atoms with Crippen molar-refractivity contribution in [2.45, 2.75) is 44.4 Å². The molecule has 1 fully saturated rings. The van der Waals surface area contributed by atoms with Gasteiger partial charge in [-0.05, 0) is 30.9 Å². The minimum Gasteiger partial charge on any atom is -0.381 e. The van der Waals surface area contributed by atoms with E-state index in [9.17, 15) is 0 Å². The molecule has 0 saturated carbocycles. The van der Waals surface area contributed by atoms with Gasteiger partial charge in [-0.15, -0.1) is 0 Å². The Hall–Kier alpha value is -0.970. The summed E-state index contributed by atoms with van der Waals surface area (Å²) in [7, 11) is 1.80. The first kappa shape index (κ1) is 14.4. The van der Waals surface area contributed by atoms with Crippen molar-refractivity contribution in [2.75, 3.05) is 20.2 Å². The van der Waals surface area contributed by atoms with E-state index >= 15 is 0 Å². The van der Waals surface area contributed by atoms with Crippen LogP contribution in [-0.4, -0.2) is 42.2 Å². The van der Waals surface area contributed by atoms with Crippen LogP contribution in [0.4, 0.5) is 0 Å². The van der Waals surface area contributed by atoms with Crippen molar-refractivity contribution in [3.8, 4) is 0 Å². The maximum Gasteiger partial charge on any atom is 0.0595 e. The fraction of sp³-hybridized carbons (Fsp3) is 0.667. The highest BCUT2D eigenvalue weighted by molar-refractivity contribution is 5.16. The number of ether oxygens (including phenoxy) is 1. The van der Waals surface area contributed by atoms with Crippen LogP contribution < -0.4 is 5.73 Å². The van der Waals surface area contributed by atoms with Crippen LogP contribution in [0.3, 0.4) is 0 Å². The Kier molecular flexibility index (Phi) is 5.31. The molecule has 2 atom stereocenters. The molecule has 0 radical (unpaired) electrons. The molecule has 2 heterocycles. The zero-order chi connectivity index (χ0) is 13.7. The monoisotopic (exact) mass is 263 g/mol. The molecular formula is C15H25N3O. The van der Waals surface area contributed by atoms with Crippen LogP contribution >= 0.6 is 0 Å². The number of piperidine rings is 1. The fourth-order valence-electron chi connectivity index (χ4n) is 2.89. The molecule has 0 aromatic carbocycles. The zero-order valence-electron chi connectivity index (χ0n) is 12.0. The molecule has 1 aliphatic rings. The van der Waals surface area contributed by atoms with Crippen molar-refractivity contribution in [1.29, 1.82) is 0 Å². The van der Waals surface area contributed by atoms with E-state index in [0.717, 1.165) is 32.4 Å². The van der Waals surface area contributed by atoms with Crippen LogP contribution in [0.2, 0.25) is 0 Å². The van der Waals surface area contributed by atoms with Gasteiger partial charge in [0.2, 0.25) is 0 Å². The van der Waals surface area contributed by atoms with E-state index in [2.05, 4.69) is 22.9 Å².